The van der Waals surface area contributed by atoms with Crippen molar-refractivity contribution >= 4 is 23.3 Å². The molecule has 1 atom stereocenters. The molecule has 168 valence electrons. The molecule has 3 heterocycles. The number of hydrogen-bond acceptors (Lipinski definition) is 5. The number of carbonyl (C=O) groups excluding carboxylic acids is 2. The summed E-state index contributed by atoms with van der Waals surface area (Å²) < 4.78 is 0. The maximum absolute atomic E-state index is 13.5. The number of pyridine rings is 1. The Morgan fingerprint density at radius 1 is 1.06 bits per heavy atom. The summed E-state index contributed by atoms with van der Waals surface area (Å²) in [6.07, 6.45) is 11.0. The Labute approximate surface area is 184 Å². The van der Waals surface area contributed by atoms with Crippen LogP contribution in [0.2, 0.25) is 0 Å². The second-order valence-corrected chi connectivity index (χ2v) is 10.0. The van der Waals surface area contributed by atoms with E-state index in [0.29, 0.717) is 11.9 Å². The van der Waals surface area contributed by atoms with Gasteiger partial charge in [-0.1, -0.05) is 6.42 Å². The van der Waals surface area contributed by atoms with Gasteiger partial charge in [0, 0.05) is 31.6 Å². The summed E-state index contributed by atoms with van der Waals surface area (Å²) >= 11 is 0. The summed E-state index contributed by atoms with van der Waals surface area (Å²) in [5.41, 5.74) is 0.447. The number of aliphatic hydroxyl groups excluding tert-OH is 1. The van der Waals surface area contributed by atoms with Crippen LogP contribution in [-0.4, -0.2) is 58.6 Å². The number of nitrogens with zero attached hydrogens (tertiary/aromatic N) is 3. The number of likely N-dealkylation sites (tertiary alicyclic amines) is 1. The van der Waals surface area contributed by atoms with Crippen molar-refractivity contribution in [1.29, 1.82) is 0 Å². The van der Waals surface area contributed by atoms with Gasteiger partial charge in [0.15, 0.2) is 0 Å². The summed E-state index contributed by atoms with van der Waals surface area (Å²) in [7, 11) is 0. The Morgan fingerprint density at radius 2 is 1.87 bits per heavy atom. The molecule has 2 saturated heterocycles. The third-order valence-electron chi connectivity index (χ3n) is 8.05. The topological polar surface area (TPSA) is 85.8 Å². The van der Waals surface area contributed by atoms with Crippen molar-refractivity contribution in [2.45, 2.75) is 76.4 Å². The molecule has 2 saturated carbocycles. The highest BCUT2D eigenvalue weighted by Crippen LogP contribution is 2.43. The van der Waals surface area contributed by atoms with Crippen LogP contribution >= 0.6 is 0 Å². The highest BCUT2D eigenvalue weighted by Gasteiger charge is 2.50. The summed E-state index contributed by atoms with van der Waals surface area (Å²) in [6.45, 7) is 2.47. The van der Waals surface area contributed by atoms with E-state index in [1.165, 1.54) is 0 Å². The third kappa shape index (κ3) is 4.04. The fraction of sp³-hybridized carbons (Fsp3) is 0.708. The normalized spacial score (nSPS) is 31.7. The van der Waals surface area contributed by atoms with Crippen LogP contribution in [0.15, 0.2) is 18.3 Å². The lowest BCUT2D eigenvalue weighted by Crippen LogP contribution is -2.50. The van der Waals surface area contributed by atoms with Gasteiger partial charge in [0.25, 0.3) is 0 Å². The molecule has 0 bridgehead atoms. The Morgan fingerprint density at radius 3 is 2.55 bits per heavy atom. The van der Waals surface area contributed by atoms with E-state index in [4.69, 9.17) is 0 Å². The Kier molecular flexibility index (Phi) is 5.63. The average Bonchev–Trinajstić information content (AvgIpc) is 3.03. The standard InChI is InChI=1S/C24H34N4O3/c29-20-8-6-19(7-9-20)28-14-12-24(23(28)31)11-2-13-27(16-24)21-10-5-18(15-25-21)26-22(30)17-3-1-4-17/h5,10,15,17,19-20,29H,1-4,6-9,11-14,16H2,(H,26,30)/t19-,20-,24?. The first-order chi connectivity index (χ1) is 15.0. The molecule has 5 rings (SSSR count). The molecule has 4 aliphatic rings. The molecule has 1 aromatic rings. The first-order valence-corrected chi connectivity index (χ1v) is 12.1. The third-order valence-corrected chi connectivity index (χ3v) is 8.05. The molecule has 1 spiro atoms. The molecule has 1 aromatic heterocycles. The molecule has 4 fully saturated rings. The number of anilines is 2. The van der Waals surface area contributed by atoms with Gasteiger partial charge in [-0.2, -0.15) is 0 Å². The van der Waals surface area contributed by atoms with Gasteiger partial charge in [-0.25, -0.2) is 4.98 Å². The smallest absolute Gasteiger partial charge is 0.230 e. The number of aliphatic hydroxyl groups is 1. The SMILES string of the molecule is O=C(Nc1ccc(N2CCCC3(CCN([C@H]4CC[C@H](O)CC4)C3=O)C2)nc1)C1CCC1. The maximum Gasteiger partial charge on any atom is 0.230 e. The van der Waals surface area contributed by atoms with Gasteiger partial charge in [-0.05, 0) is 69.9 Å². The predicted octanol–water partition coefficient (Wildman–Crippen LogP) is 2.94. The lowest BCUT2D eigenvalue weighted by atomic mass is 9.78. The molecular formula is C24H34N4O3. The zero-order valence-electron chi connectivity index (χ0n) is 18.3. The van der Waals surface area contributed by atoms with E-state index in [2.05, 4.69) is 20.1 Å². The second kappa shape index (κ2) is 8.41. The second-order valence-electron chi connectivity index (χ2n) is 10.0. The van der Waals surface area contributed by atoms with Gasteiger partial charge in [-0.15, -0.1) is 0 Å². The lowest BCUT2D eigenvalue weighted by Gasteiger charge is -2.41. The van der Waals surface area contributed by atoms with Crippen molar-refractivity contribution in [3.8, 4) is 0 Å². The number of aromatic nitrogens is 1. The molecule has 2 aliphatic heterocycles. The van der Waals surface area contributed by atoms with Crippen molar-refractivity contribution < 1.29 is 14.7 Å². The van der Waals surface area contributed by atoms with E-state index < -0.39 is 0 Å². The number of nitrogens with one attached hydrogen (secondary N) is 1. The maximum atomic E-state index is 13.5. The summed E-state index contributed by atoms with van der Waals surface area (Å²) in [5, 5.41) is 12.8. The van der Waals surface area contributed by atoms with Crippen molar-refractivity contribution in [3.05, 3.63) is 18.3 Å². The molecule has 7 nitrogen and oxygen atoms in total. The van der Waals surface area contributed by atoms with Gasteiger partial charge >= 0.3 is 0 Å². The number of piperidine rings is 1. The molecular weight excluding hydrogens is 392 g/mol. The number of hydrogen-bond donors (Lipinski definition) is 2. The molecule has 1 unspecified atom stereocenters. The number of carbonyl (C=O) groups is 2. The Balaban J connectivity index is 1.23. The lowest BCUT2D eigenvalue weighted by molar-refractivity contribution is -0.139. The van der Waals surface area contributed by atoms with Crippen LogP contribution in [0, 0.1) is 11.3 Å². The Bertz CT molecular complexity index is 817. The molecule has 7 heteroatoms. The van der Waals surface area contributed by atoms with Crippen LogP contribution in [0.25, 0.3) is 0 Å². The summed E-state index contributed by atoms with van der Waals surface area (Å²) in [6, 6.07) is 4.19. The Hall–Kier alpha value is -2.15. The molecule has 2 amide bonds. The van der Waals surface area contributed by atoms with Gasteiger partial charge in [0.2, 0.25) is 11.8 Å². The van der Waals surface area contributed by atoms with E-state index in [1.54, 1.807) is 6.20 Å². The minimum Gasteiger partial charge on any atom is -0.393 e. The van der Waals surface area contributed by atoms with Crippen LogP contribution in [-0.2, 0) is 9.59 Å². The van der Waals surface area contributed by atoms with Crippen molar-refractivity contribution in [2.24, 2.45) is 11.3 Å². The zero-order chi connectivity index (χ0) is 21.4. The number of amides is 2. The largest absolute Gasteiger partial charge is 0.393 e. The molecule has 0 radical (unpaired) electrons. The van der Waals surface area contributed by atoms with Gasteiger partial charge < -0.3 is 20.2 Å². The highest BCUT2D eigenvalue weighted by molar-refractivity contribution is 5.93. The number of rotatable bonds is 4. The first-order valence-electron chi connectivity index (χ1n) is 12.1. The quantitative estimate of drug-likeness (QED) is 0.773. The first kappa shape index (κ1) is 20.7. The van der Waals surface area contributed by atoms with Gasteiger partial charge in [0.05, 0.1) is 23.4 Å². The molecule has 2 aliphatic carbocycles. The minimum atomic E-state index is -0.299. The van der Waals surface area contributed by atoms with Crippen LogP contribution in [0.1, 0.15) is 64.2 Å². The van der Waals surface area contributed by atoms with E-state index in [0.717, 1.165) is 95.3 Å². The fourth-order valence-corrected chi connectivity index (χ4v) is 5.83. The van der Waals surface area contributed by atoms with E-state index in [9.17, 15) is 14.7 Å². The highest BCUT2D eigenvalue weighted by atomic mass is 16.3. The van der Waals surface area contributed by atoms with Crippen LogP contribution in [0.4, 0.5) is 11.5 Å². The summed E-state index contributed by atoms with van der Waals surface area (Å²) in [4.78, 5) is 34.6. The predicted molar refractivity (Wildman–Crippen MR) is 119 cm³/mol. The molecule has 2 N–H and O–H groups in total. The van der Waals surface area contributed by atoms with Crippen molar-refractivity contribution in [1.82, 2.24) is 9.88 Å². The van der Waals surface area contributed by atoms with Gasteiger partial charge in [0.1, 0.15) is 5.82 Å². The molecule has 0 aromatic carbocycles. The summed E-state index contributed by atoms with van der Waals surface area (Å²) in [5.74, 6) is 1.45. The van der Waals surface area contributed by atoms with E-state index >= 15 is 0 Å². The van der Waals surface area contributed by atoms with Crippen molar-refractivity contribution in [2.75, 3.05) is 29.9 Å². The van der Waals surface area contributed by atoms with E-state index in [1.807, 2.05) is 12.1 Å². The monoisotopic (exact) mass is 426 g/mol. The van der Waals surface area contributed by atoms with E-state index in [-0.39, 0.29) is 23.3 Å². The zero-order valence-corrected chi connectivity index (χ0v) is 18.3. The van der Waals surface area contributed by atoms with Crippen molar-refractivity contribution in [3.63, 3.8) is 0 Å². The average molecular weight is 427 g/mol. The fourth-order valence-electron chi connectivity index (χ4n) is 5.83. The van der Waals surface area contributed by atoms with Gasteiger partial charge in [-0.3, -0.25) is 9.59 Å². The minimum absolute atomic E-state index is 0.101. The van der Waals surface area contributed by atoms with Crippen LogP contribution < -0.4 is 10.2 Å². The van der Waals surface area contributed by atoms with Crippen LogP contribution in [0.3, 0.4) is 0 Å². The van der Waals surface area contributed by atoms with Crippen LogP contribution in [0.5, 0.6) is 0 Å². The molecule has 31 heavy (non-hydrogen) atoms.